The van der Waals surface area contributed by atoms with Crippen LogP contribution < -0.4 is 5.32 Å². The molecule has 0 bridgehead atoms. The van der Waals surface area contributed by atoms with Crippen LogP contribution in [-0.2, 0) is 6.42 Å². The van der Waals surface area contributed by atoms with E-state index >= 15 is 0 Å². The first-order chi connectivity index (χ1) is 8.56. The number of hydrogen-bond donors (Lipinski definition) is 1. The molecule has 1 nitrogen and oxygen atoms in total. The molecule has 0 spiro atoms. The molecule has 102 valence electrons. The Kier molecular flexibility index (Phi) is 6.34. The van der Waals surface area contributed by atoms with E-state index in [1.54, 1.807) is 12.1 Å². The van der Waals surface area contributed by atoms with Crippen LogP contribution in [0.5, 0.6) is 0 Å². The molecule has 0 saturated carbocycles. The second-order valence-corrected chi connectivity index (χ2v) is 5.50. The van der Waals surface area contributed by atoms with Gasteiger partial charge in [0, 0.05) is 6.04 Å². The van der Waals surface area contributed by atoms with Crippen LogP contribution in [0.3, 0.4) is 0 Å². The molecule has 1 rings (SSSR count). The Bertz CT molecular complexity index is 349. The van der Waals surface area contributed by atoms with Gasteiger partial charge in [0.25, 0.3) is 0 Å². The van der Waals surface area contributed by atoms with Gasteiger partial charge in [0.1, 0.15) is 5.82 Å². The summed E-state index contributed by atoms with van der Waals surface area (Å²) in [6.07, 6.45) is 1.93. The Morgan fingerprint density at radius 3 is 2.39 bits per heavy atom. The third-order valence-corrected chi connectivity index (χ3v) is 3.46. The highest BCUT2D eigenvalue weighted by Gasteiger charge is 2.21. The molecule has 1 aromatic carbocycles. The van der Waals surface area contributed by atoms with Crippen molar-refractivity contribution in [3.8, 4) is 0 Å². The van der Waals surface area contributed by atoms with Gasteiger partial charge in [0.05, 0.1) is 0 Å². The minimum Gasteiger partial charge on any atom is -0.313 e. The molecule has 0 amide bonds. The average Bonchev–Trinajstić information content (AvgIpc) is 2.32. The van der Waals surface area contributed by atoms with Gasteiger partial charge in [0.15, 0.2) is 0 Å². The SMILES string of the molecule is CCCNC(C(C)C)C(C)Cc1ccccc1F. The normalized spacial score (nSPS) is 14.8. The van der Waals surface area contributed by atoms with Gasteiger partial charge in [-0.25, -0.2) is 4.39 Å². The zero-order chi connectivity index (χ0) is 13.5. The van der Waals surface area contributed by atoms with Crippen molar-refractivity contribution in [2.75, 3.05) is 6.54 Å². The minimum absolute atomic E-state index is 0.0812. The van der Waals surface area contributed by atoms with E-state index in [2.05, 4.69) is 33.0 Å². The van der Waals surface area contributed by atoms with Crippen LogP contribution in [0.1, 0.15) is 39.7 Å². The van der Waals surface area contributed by atoms with E-state index in [1.165, 1.54) is 0 Å². The van der Waals surface area contributed by atoms with Crippen molar-refractivity contribution in [3.63, 3.8) is 0 Å². The molecular weight excluding hydrogens is 225 g/mol. The lowest BCUT2D eigenvalue weighted by Crippen LogP contribution is -2.40. The van der Waals surface area contributed by atoms with Crippen LogP contribution in [0.2, 0.25) is 0 Å². The van der Waals surface area contributed by atoms with Crippen LogP contribution in [0.4, 0.5) is 4.39 Å². The third kappa shape index (κ3) is 4.41. The zero-order valence-corrected chi connectivity index (χ0v) is 12.0. The summed E-state index contributed by atoms with van der Waals surface area (Å²) in [6, 6.07) is 7.55. The number of hydrogen-bond acceptors (Lipinski definition) is 1. The lowest BCUT2D eigenvalue weighted by Gasteiger charge is -2.29. The lowest BCUT2D eigenvalue weighted by atomic mass is 9.87. The molecule has 0 saturated heterocycles. The van der Waals surface area contributed by atoms with E-state index in [0.29, 0.717) is 17.9 Å². The van der Waals surface area contributed by atoms with E-state index in [9.17, 15) is 4.39 Å². The highest BCUT2D eigenvalue weighted by Crippen LogP contribution is 2.19. The molecule has 0 aliphatic rings. The standard InChI is InChI=1S/C16H26FN/c1-5-10-18-16(12(2)3)13(4)11-14-8-6-7-9-15(14)17/h6-9,12-13,16,18H,5,10-11H2,1-4H3. The Labute approximate surface area is 111 Å². The van der Waals surface area contributed by atoms with Gasteiger partial charge in [-0.3, -0.25) is 0 Å². The summed E-state index contributed by atoms with van der Waals surface area (Å²) in [4.78, 5) is 0. The van der Waals surface area contributed by atoms with Crippen molar-refractivity contribution >= 4 is 0 Å². The summed E-state index contributed by atoms with van der Waals surface area (Å²) in [6.45, 7) is 9.87. The highest BCUT2D eigenvalue weighted by molar-refractivity contribution is 5.18. The molecule has 1 N–H and O–H groups in total. The molecule has 18 heavy (non-hydrogen) atoms. The molecule has 0 fully saturated rings. The quantitative estimate of drug-likeness (QED) is 0.771. The predicted octanol–water partition coefficient (Wildman–Crippen LogP) is 4.03. The first-order valence-corrected chi connectivity index (χ1v) is 7.03. The molecule has 0 aromatic heterocycles. The first kappa shape index (κ1) is 15.2. The van der Waals surface area contributed by atoms with Gasteiger partial charge in [0.2, 0.25) is 0 Å². The van der Waals surface area contributed by atoms with E-state index in [4.69, 9.17) is 0 Å². The molecule has 2 atom stereocenters. The van der Waals surface area contributed by atoms with Crippen molar-refractivity contribution in [2.24, 2.45) is 11.8 Å². The van der Waals surface area contributed by atoms with Gasteiger partial charge in [-0.2, -0.15) is 0 Å². The van der Waals surface area contributed by atoms with Crippen molar-refractivity contribution < 1.29 is 4.39 Å². The predicted molar refractivity (Wildman–Crippen MR) is 76.2 cm³/mol. The molecule has 0 heterocycles. The summed E-state index contributed by atoms with van der Waals surface area (Å²) in [5.41, 5.74) is 0.828. The minimum atomic E-state index is -0.0812. The van der Waals surface area contributed by atoms with Crippen LogP contribution >= 0.6 is 0 Å². The molecule has 0 aliphatic heterocycles. The van der Waals surface area contributed by atoms with E-state index in [0.717, 1.165) is 24.9 Å². The van der Waals surface area contributed by atoms with E-state index in [1.807, 2.05) is 12.1 Å². The van der Waals surface area contributed by atoms with Crippen molar-refractivity contribution in [3.05, 3.63) is 35.6 Å². The molecule has 2 heteroatoms. The van der Waals surface area contributed by atoms with E-state index < -0.39 is 0 Å². The number of nitrogens with one attached hydrogen (secondary N) is 1. The lowest BCUT2D eigenvalue weighted by molar-refractivity contribution is 0.295. The smallest absolute Gasteiger partial charge is 0.126 e. The molecule has 0 aliphatic carbocycles. The maximum atomic E-state index is 13.6. The highest BCUT2D eigenvalue weighted by atomic mass is 19.1. The third-order valence-electron chi connectivity index (χ3n) is 3.46. The van der Waals surface area contributed by atoms with Gasteiger partial charge >= 0.3 is 0 Å². The second-order valence-electron chi connectivity index (χ2n) is 5.50. The summed E-state index contributed by atoms with van der Waals surface area (Å²) >= 11 is 0. The second kappa shape index (κ2) is 7.52. The van der Waals surface area contributed by atoms with Gasteiger partial charge in [-0.15, -0.1) is 0 Å². The molecule has 1 aromatic rings. The number of rotatable bonds is 7. The van der Waals surface area contributed by atoms with E-state index in [-0.39, 0.29) is 5.82 Å². The first-order valence-electron chi connectivity index (χ1n) is 7.03. The van der Waals surface area contributed by atoms with Crippen LogP contribution in [0.15, 0.2) is 24.3 Å². The van der Waals surface area contributed by atoms with Crippen LogP contribution in [0.25, 0.3) is 0 Å². The maximum Gasteiger partial charge on any atom is 0.126 e. The molecule has 0 radical (unpaired) electrons. The Hall–Kier alpha value is -0.890. The average molecular weight is 251 g/mol. The van der Waals surface area contributed by atoms with Gasteiger partial charge in [-0.05, 0) is 42.9 Å². The van der Waals surface area contributed by atoms with Crippen molar-refractivity contribution in [1.82, 2.24) is 5.32 Å². The Morgan fingerprint density at radius 1 is 1.17 bits per heavy atom. The fraction of sp³-hybridized carbons (Fsp3) is 0.625. The molecule has 2 unspecified atom stereocenters. The number of halogens is 1. The fourth-order valence-corrected chi connectivity index (χ4v) is 2.54. The van der Waals surface area contributed by atoms with Gasteiger partial charge < -0.3 is 5.32 Å². The summed E-state index contributed by atoms with van der Waals surface area (Å²) in [5.74, 6) is 0.925. The Balaban J connectivity index is 2.66. The monoisotopic (exact) mass is 251 g/mol. The number of benzene rings is 1. The zero-order valence-electron chi connectivity index (χ0n) is 12.0. The summed E-state index contributed by atoms with van der Waals surface area (Å²) < 4.78 is 13.6. The molecular formula is C16H26FN. The summed E-state index contributed by atoms with van der Waals surface area (Å²) in [5, 5.41) is 3.59. The van der Waals surface area contributed by atoms with Crippen LogP contribution in [-0.4, -0.2) is 12.6 Å². The Morgan fingerprint density at radius 2 is 1.83 bits per heavy atom. The topological polar surface area (TPSA) is 12.0 Å². The fourth-order valence-electron chi connectivity index (χ4n) is 2.54. The largest absolute Gasteiger partial charge is 0.313 e. The summed E-state index contributed by atoms with van der Waals surface area (Å²) in [7, 11) is 0. The van der Waals surface area contributed by atoms with Crippen molar-refractivity contribution in [2.45, 2.75) is 46.6 Å². The van der Waals surface area contributed by atoms with Crippen molar-refractivity contribution in [1.29, 1.82) is 0 Å². The van der Waals surface area contributed by atoms with Crippen LogP contribution in [0, 0.1) is 17.7 Å². The van der Waals surface area contributed by atoms with Gasteiger partial charge in [-0.1, -0.05) is 45.9 Å². The maximum absolute atomic E-state index is 13.6.